The van der Waals surface area contributed by atoms with Crippen LogP contribution in [0.4, 0.5) is 5.82 Å². The van der Waals surface area contributed by atoms with Crippen LogP contribution in [0.2, 0.25) is 0 Å². The summed E-state index contributed by atoms with van der Waals surface area (Å²) in [5.74, 6) is 1.35. The highest BCUT2D eigenvalue weighted by molar-refractivity contribution is 5.93. The first-order chi connectivity index (χ1) is 9.25. The molecule has 2 atom stereocenters. The number of carbonyl (C=O) groups is 1. The van der Waals surface area contributed by atoms with Gasteiger partial charge in [0.2, 0.25) is 0 Å². The largest absolute Gasteiger partial charge is 0.478 e. The quantitative estimate of drug-likeness (QED) is 0.888. The summed E-state index contributed by atoms with van der Waals surface area (Å²) < 4.78 is 0. The lowest BCUT2D eigenvalue weighted by atomic mass is 9.75. The predicted molar refractivity (Wildman–Crippen MR) is 73.5 cm³/mol. The average Bonchev–Trinajstić information content (AvgIpc) is 2.46. The summed E-state index contributed by atoms with van der Waals surface area (Å²) in [6.45, 7) is 1.92. The Hall–Kier alpha value is -1.58. The van der Waals surface area contributed by atoms with Crippen molar-refractivity contribution in [3.8, 4) is 0 Å². The molecule has 0 spiro atoms. The van der Waals surface area contributed by atoms with Gasteiger partial charge in [0, 0.05) is 19.3 Å². The molecule has 2 fully saturated rings. The number of piperidine rings is 1. The molecule has 4 heteroatoms. The molecule has 2 aliphatic rings. The second-order valence-corrected chi connectivity index (χ2v) is 5.72. The Morgan fingerprint density at radius 1 is 1.26 bits per heavy atom. The number of rotatable bonds is 2. The van der Waals surface area contributed by atoms with Gasteiger partial charge >= 0.3 is 5.97 Å². The number of fused-ring (bicyclic) bond motifs is 1. The number of carboxylic acid groups (broad SMARTS) is 1. The van der Waals surface area contributed by atoms with Gasteiger partial charge in [-0.25, -0.2) is 9.78 Å². The number of hydrogen-bond donors (Lipinski definition) is 1. The Kier molecular flexibility index (Phi) is 3.40. The standard InChI is InChI=1S/C15H20N2O2/c18-15(19)13-6-3-8-16-14(13)17-9-7-11-4-1-2-5-12(11)10-17/h3,6,8,11-12H,1-2,4-5,7,9-10H2,(H,18,19). The van der Waals surface area contributed by atoms with E-state index in [1.165, 1.54) is 32.1 Å². The molecular formula is C15H20N2O2. The topological polar surface area (TPSA) is 53.4 Å². The third-order valence-electron chi connectivity index (χ3n) is 4.61. The molecule has 2 heterocycles. The fraction of sp³-hybridized carbons (Fsp3) is 0.600. The van der Waals surface area contributed by atoms with Crippen molar-refractivity contribution in [2.75, 3.05) is 18.0 Å². The average molecular weight is 260 g/mol. The summed E-state index contributed by atoms with van der Waals surface area (Å²) in [6, 6.07) is 3.35. The SMILES string of the molecule is O=C(O)c1cccnc1N1CCC2CCCCC2C1. The van der Waals surface area contributed by atoms with Crippen LogP contribution in [-0.4, -0.2) is 29.1 Å². The normalized spacial score (nSPS) is 26.8. The molecule has 1 aromatic heterocycles. The Labute approximate surface area is 113 Å². The van der Waals surface area contributed by atoms with Gasteiger partial charge < -0.3 is 10.0 Å². The number of pyridine rings is 1. The molecule has 4 nitrogen and oxygen atoms in total. The van der Waals surface area contributed by atoms with E-state index in [9.17, 15) is 9.90 Å². The van der Waals surface area contributed by atoms with Crippen LogP contribution >= 0.6 is 0 Å². The maximum absolute atomic E-state index is 11.3. The van der Waals surface area contributed by atoms with Crippen molar-refractivity contribution in [2.45, 2.75) is 32.1 Å². The molecule has 1 aromatic rings. The number of carboxylic acids is 1. The van der Waals surface area contributed by atoms with Gasteiger partial charge in [-0.15, -0.1) is 0 Å². The Bertz CT molecular complexity index is 475. The lowest BCUT2D eigenvalue weighted by molar-refractivity contribution is 0.0696. The summed E-state index contributed by atoms with van der Waals surface area (Å²) >= 11 is 0. The van der Waals surface area contributed by atoms with Gasteiger partial charge in [-0.3, -0.25) is 0 Å². The van der Waals surface area contributed by atoms with E-state index in [0.29, 0.717) is 11.4 Å². The minimum Gasteiger partial charge on any atom is -0.478 e. The third kappa shape index (κ3) is 2.44. The zero-order valence-electron chi connectivity index (χ0n) is 11.1. The molecule has 3 rings (SSSR count). The number of aromatic nitrogens is 1. The third-order valence-corrected chi connectivity index (χ3v) is 4.61. The van der Waals surface area contributed by atoms with Gasteiger partial charge in [0.05, 0.1) is 0 Å². The molecule has 0 aromatic carbocycles. The first kappa shape index (κ1) is 12.5. The van der Waals surface area contributed by atoms with Gasteiger partial charge in [0.15, 0.2) is 0 Å². The van der Waals surface area contributed by atoms with Crippen molar-refractivity contribution in [1.82, 2.24) is 4.98 Å². The van der Waals surface area contributed by atoms with Crippen molar-refractivity contribution in [3.05, 3.63) is 23.9 Å². The summed E-state index contributed by atoms with van der Waals surface area (Å²) in [4.78, 5) is 17.8. The Balaban J connectivity index is 1.81. The van der Waals surface area contributed by atoms with Gasteiger partial charge in [0.25, 0.3) is 0 Å². The maximum atomic E-state index is 11.3. The highest BCUT2D eigenvalue weighted by atomic mass is 16.4. The maximum Gasteiger partial charge on any atom is 0.339 e. The lowest BCUT2D eigenvalue weighted by Gasteiger charge is -2.42. The van der Waals surface area contributed by atoms with Crippen LogP contribution in [0.1, 0.15) is 42.5 Å². The summed E-state index contributed by atoms with van der Waals surface area (Å²) in [6.07, 6.45) is 8.20. The Morgan fingerprint density at radius 3 is 2.84 bits per heavy atom. The highest BCUT2D eigenvalue weighted by Crippen LogP contribution is 2.37. The molecule has 2 unspecified atom stereocenters. The monoisotopic (exact) mass is 260 g/mol. The molecule has 1 aliphatic carbocycles. The predicted octanol–water partition coefficient (Wildman–Crippen LogP) is 2.80. The zero-order chi connectivity index (χ0) is 13.2. The van der Waals surface area contributed by atoms with Crippen LogP contribution in [0, 0.1) is 11.8 Å². The van der Waals surface area contributed by atoms with Crippen molar-refractivity contribution >= 4 is 11.8 Å². The van der Waals surface area contributed by atoms with Crippen molar-refractivity contribution in [1.29, 1.82) is 0 Å². The molecule has 1 saturated carbocycles. The highest BCUT2D eigenvalue weighted by Gasteiger charge is 2.32. The van der Waals surface area contributed by atoms with Crippen LogP contribution in [0.25, 0.3) is 0 Å². The van der Waals surface area contributed by atoms with Gasteiger partial charge in [-0.2, -0.15) is 0 Å². The zero-order valence-corrected chi connectivity index (χ0v) is 11.1. The molecule has 0 radical (unpaired) electrons. The molecule has 0 bridgehead atoms. The second-order valence-electron chi connectivity index (χ2n) is 5.72. The first-order valence-corrected chi connectivity index (χ1v) is 7.19. The van der Waals surface area contributed by atoms with E-state index in [1.807, 2.05) is 0 Å². The number of aromatic carboxylic acids is 1. The van der Waals surface area contributed by atoms with E-state index in [4.69, 9.17) is 0 Å². The van der Waals surface area contributed by atoms with Gasteiger partial charge in [-0.1, -0.05) is 19.3 Å². The molecule has 102 valence electrons. The van der Waals surface area contributed by atoms with Crippen molar-refractivity contribution in [3.63, 3.8) is 0 Å². The first-order valence-electron chi connectivity index (χ1n) is 7.19. The minimum atomic E-state index is -0.881. The molecule has 19 heavy (non-hydrogen) atoms. The minimum absolute atomic E-state index is 0.330. The van der Waals surface area contributed by atoms with E-state index in [2.05, 4.69) is 9.88 Å². The van der Waals surface area contributed by atoms with Crippen molar-refractivity contribution < 1.29 is 9.90 Å². The van der Waals surface area contributed by atoms with Crippen molar-refractivity contribution in [2.24, 2.45) is 11.8 Å². The number of anilines is 1. The Morgan fingerprint density at radius 2 is 2.05 bits per heavy atom. The van der Waals surface area contributed by atoms with E-state index < -0.39 is 5.97 Å². The molecular weight excluding hydrogens is 240 g/mol. The van der Waals surface area contributed by atoms with Crippen LogP contribution in [0.15, 0.2) is 18.3 Å². The summed E-state index contributed by atoms with van der Waals surface area (Å²) in [7, 11) is 0. The van der Waals surface area contributed by atoms with Gasteiger partial charge in [0.1, 0.15) is 11.4 Å². The fourth-order valence-corrected chi connectivity index (χ4v) is 3.61. The van der Waals surface area contributed by atoms with Crippen LogP contribution in [0.5, 0.6) is 0 Å². The molecule has 1 N–H and O–H groups in total. The lowest BCUT2D eigenvalue weighted by Crippen LogP contribution is -2.42. The summed E-state index contributed by atoms with van der Waals surface area (Å²) in [5.41, 5.74) is 0.330. The number of hydrogen-bond acceptors (Lipinski definition) is 3. The van der Waals surface area contributed by atoms with E-state index >= 15 is 0 Å². The van der Waals surface area contributed by atoms with Crippen LogP contribution in [-0.2, 0) is 0 Å². The van der Waals surface area contributed by atoms with E-state index in [1.54, 1.807) is 18.3 Å². The van der Waals surface area contributed by atoms with E-state index in [-0.39, 0.29) is 0 Å². The molecule has 1 aliphatic heterocycles. The smallest absolute Gasteiger partial charge is 0.339 e. The fourth-order valence-electron chi connectivity index (χ4n) is 3.61. The van der Waals surface area contributed by atoms with E-state index in [0.717, 1.165) is 24.9 Å². The summed E-state index contributed by atoms with van der Waals surface area (Å²) in [5, 5.41) is 9.26. The molecule has 1 saturated heterocycles. The van der Waals surface area contributed by atoms with Gasteiger partial charge in [-0.05, 0) is 36.8 Å². The van der Waals surface area contributed by atoms with Crippen LogP contribution < -0.4 is 4.90 Å². The second kappa shape index (κ2) is 5.19. The molecule has 0 amide bonds. The van der Waals surface area contributed by atoms with Crippen LogP contribution in [0.3, 0.4) is 0 Å². The number of nitrogens with zero attached hydrogens (tertiary/aromatic N) is 2.